The molecule has 1 aromatic carbocycles. The van der Waals surface area contributed by atoms with E-state index in [1.54, 1.807) is 6.92 Å². The fourth-order valence-corrected chi connectivity index (χ4v) is 6.82. The first-order chi connectivity index (χ1) is 20.4. The van der Waals surface area contributed by atoms with Crippen molar-refractivity contribution in [3.8, 4) is 16.5 Å². The molecule has 5 rings (SSSR count). The number of thiophene rings is 1. The van der Waals surface area contributed by atoms with Crippen LogP contribution in [0, 0.1) is 18.7 Å². The Bertz CT molecular complexity index is 1750. The fraction of sp³-hybridized carbons (Fsp3) is 0.467. The molecule has 3 heterocycles. The van der Waals surface area contributed by atoms with Gasteiger partial charge >= 0.3 is 5.69 Å². The number of rotatable bonds is 10. The number of amides is 1. The van der Waals surface area contributed by atoms with E-state index in [1.165, 1.54) is 56.2 Å². The average Bonchev–Trinajstić information content (AvgIpc) is 3.61. The predicted molar refractivity (Wildman–Crippen MR) is 159 cm³/mol. The van der Waals surface area contributed by atoms with Crippen LogP contribution < -0.4 is 21.7 Å². The lowest BCUT2D eigenvalue weighted by atomic mass is 9.88. The highest BCUT2D eigenvalue weighted by Gasteiger charge is 2.35. The number of aryl methyl sites for hydroxylation is 1. The lowest BCUT2D eigenvalue weighted by molar-refractivity contribution is -0.125. The molecule has 0 saturated heterocycles. The van der Waals surface area contributed by atoms with Gasteiger partial charge in [0.05, 0.1) is 42.8 Å². The summed E-state index contributed by atoms with van der Waals surface area (Å²) in [7, 11) is 1.46. The summed E-state index contributed by atoms with van der Waals surface area (Å²) in [5.41, 5.74) is 3.46. The summed E-state index contributed by atoms with van der Waals surface area (Å²) in [6, 6.07) is 4.06. The maximum Gasteiger partial charge on any atom is 0.333 e. The maximum absolute atomic E-state index is 14.6. The van der Waals surface area contributed by atoms with Crippen molar-refractivity contribution in [2.24, 2.45) is 11.7 Å². The molecule has 0 radical (unpaired) electrons. The molecule has 0 aliphatic heterocycles. The van der Waals surface area contributed by atoms with E-state index in [2.05, 4.69) is 4.98 Å². The number of benzene rings is 1. The second kappa shape index (κ2) is 12.1. The fourth-order valence-electron chi connectivity index (χ4n) is 5.58. The minimum absolute atomic E-state index is 0.134. The molecule has 4 aromatic rings. The van der Waals surface area contributed by atoms with Gasteiger partial charge in [0.1, 0.15) is 34.3 Å². The number of primary amides is 1. The summed E-state index contributed by atoms with van der Waals surface area (Å²) in [5.74, 6) is -0.580. The molecule has 43 heavy (non-hydrogen) atoms. The topological polar surface area (TPSA) is 152 Å². The summed E-state index contributed by atoms with van der Waals surface area (Å²) in [4.78, 5) is 45.7. The lowest BCUT2D eigenvalue weighted by Gasteiger charge is -2.29. The quantitative estimate of drug-likeness (QED) is 0.273. The SMILES string of the molecule is COc1ccc(F)cc1[C@H](Cn1c(=O)n(C(C)(C)C(N)=O)c(=O)c2c(C)c(-c3ncco3)sc21)OC[C@H]1CC[C@@H](O)CC1. The largest absolute Gasteiger partial charge is 0.496 e. The summed E-state index contributed by atoms with van der Waals surface area (Å²) >= 11 is 1.15. The third-order valence-electron chi connectivity index (χ3n) is 8.24. The molecule has 1 amide bonds. The molecule has 1 aliphatic rings. The van der Waals surface area contributed by atoms with E-state index in [9.17, 15) is 23.9 Å². The number of hydrogen-bond acceptors (Lipinski definition) is 9. The van der Waals surface area contributed by atoms with E-state index in [0.717, 1.165) is 28.7 Å². The molecule has 11 nitrogen and oxygen atoms in total. The van der Waals surface area contributed by atoms with E-state index in [4.69, 9.17) is 19.6 Å². The van der Waals surface area contributed by atoms with Crippen LogP contribution in [0.4, 0.5) is 4.39 Å². The maximum atomic E-state index is 14.6. The number of carbonyl (C=O) groups excluding carboxylic acids is 1. The van der Waals surface area contributed by atoms with Gasteiger partial charge in [0.2, 0.25) is 11.8 Å². The molecule has 1 atom stereocenters. The highest BCUT2D eigenvalue weighted by molar-refractivity contribution is 7.22. The molecule has 3 N–H and O–H groups in total. The third kappa shape index (κ3) is 5.76. The number of nitrogens with zero attached hydrogens (tertiary/aromatic N) is 3. The van der Waals surface area contributed by atoms with Crippen LogP contribution in [0.3, 0.4) is 0 Å². The number of methoxy groups -OCH3 is 1. The minimum Gasteiger partial charge on any atom is -0.496 e. The van der Waals surface area contributed by atoms with Crippen LogP contribution in [0.1, 0.15) is 56.8 Å². The molecule has 0 bridgehead atoms. The average molecular weight is 615 g/mol. The normalized spacial score (nSPS) is 18.2. The number of oxazole rings is 1. The van der Waals surface area contributed by atoms with Crippen LogP contribution in [0.5, 0.6) is 5.75 Å². The van der Waals surface area contributed by atoms with Gasteiger partial charge in [0.25, 0.3) is 5.56 Å². The van der Waals surface area contributed by atoms with Crippen LogP contribution in [0.2, 0.25) is 0 Å². The van der Waals surface area contributed by atoms with Gasteiger partial charge in [0.15, 0.2) is 0 Å². The van der Waals surface area contributed by atoms with Gasteiger partial charge in [-0.1, -0.05) is 0 Å². The van der Waals surface area contributed by atoms with Gasteiger partial charge in [-0.3, -0.25) is 14.2 Å². The molecule has 0 spiro atoms. The monoisotopic (exact) mass is 614 g/mol. The van der Waals surface area contributed by atoms with E-state index in [-0.39, 0.29) is 29.8 Å². The number of carbonyl (C=O) groups is 1. The second-order valence-corrected chi connectivity index (χ2v) is 12.4. The van der Waals surface area contributed by atoms with Crippen molar-refractivity contribution in [2.45, 2.75) is 70.7 Å². The second-order valence-electron chi connectivity index (χ2n) is 11.4. The molecule has 13 heteroatoms. The molecule has 1 saturated carbocycles. The number of fused-ring (bicyclic) bond motifs is 1. The standard InChI is InChI=1S/C30H35FN4O7S/c1-16-23-26(37)35(30(2,3)28(32)38)29(39)34(27(23)43-24(16)25-33-11-12-41-25)14-22(20-13-18(31)7-10-21(20)40-4)42-15-17-5-8-19(36)9-6-17/h7,10-13,17,19,22,36H,5-6,8-9,14-15H2,1-4H3,(H2,32,38)/t17-,19+,22-/m0/s1. The lowest BCUT2D eigenvalue weighted by Crippen LogP contribution is -2.54. The Labute approximate surface area is 250 Å². The number of aliphatic hydroxyl groups excluding tert-OH is 1. The number of aromatic nitrogens is 3. The molecular formula is C30H35FN4O7S. The van der Waals surface area contributed by atoms with Gasteiger partial charge in [-0.25, -0.2) is 18.7 Å². The molecule has 1 aliphatic carbocycles. The van der Waals surface area contributed by atoms with Crippen molar-refractivity contribution in [3.63, 3.8) is 0 Å². The van der Waals surface area contributed by atoms with Gasteiger partial charge in [-0.05, 0) is 76.1 Å². The van der Waals surface area contributed by atoms with Crippen LogP contribution in [0.25, 0.3) is 21.0 Å². The van der Waals surface area contributed by atoms with Crippen LogP contribution in [-0.2, 0) is 21.6 Å². The Morgan fingerprint density at radius 1 is 1.28 bits per heavy atom. The highest BCUT2D eigenvalue weighted by Crippen LogP contribution is 2.38. The third-order valence-corrected chi connectivity index (χ3v) is 9.54. The Hall–Kier alpha value is -3.81. The van der Waals surface area contributed by atoms with Gasteiger partial charge in [0, 0.05) is 5.56 Å². The first-order valence-corrected chi connectivity index (χ1v) is 14.9. The number of aliphatic hydroxyl groups is 1. The smallest absolute Gasteiger partial charge is 0.333 e. The van der Waals surface area contributed by atoms with Crippen LogP contribution >= 0.6 is 11.3 Å². The van der Waals surface area contributed by atoms with Crippen LogP contribution in [-0.4, -0.2) is 45.0 Å². The first kappa shape index (κ1) is 30.6. The van der Waals surface area contributed by atoms with Gasteiger partial charge < -0.3 is 24.7 Å². The zero-order valence-corrected chi connectivity index (χ0v) is 25.3. The zero-order chi connectivity index (χ0) is 31.1. The van der Waals surface area contributed by atoms with E-state index in [0.29, 0.717) is 46.0 Å². The van der Waals surface area contributed by atoms with Crippen molar-refractivity contribution >= 4 is 27.5 Å². The highest BCUT2D eigenvalue weighted by atomic mass is 32.1. The predicted octanol–water partition coefficient (Wildman–Crippen LogP) is 3.87. The molecule has 3 aromatic heterocycles. The van der Waals surface area contributed by atoms with Crippen molar-refractivity contribution < 1.29 is 28.2 Å². The number of ether oxygens (including phenoxy) is 2. The van der Waals surface area contributed by atoms with Crippen LogP contribution in [0.15, 0.2) is 44.7 Å². The van der Waals surface area contributed by atoms with Crippen molar-refractivity contribution in [2.75, 3.05) is 13.7 Å². The molecular weight excluding hydrogens is 579 g/mol. The van der Waals surface area contributed by atoms with Crippen molar-refractivity contribution in [3.05, 3.63) is 68.4 Å². The first-order valence-electron chi connectivity index (χ1n) is 14.1. The zero-order valence-electron chi connectivity index (χ0n) is 24.5. The molecule has 230 valence electrons. The van der Waals surface area contributed by atoms with Crippen molar-refractivity contribution in [1.29, 1.82) is 0 Å². The number of nitrogens with two attached hydrogens (primary N) is 1. The van der Waals surface area contributed by atoms with Gasteiger partial charge in [-0.15, -0.1) is 11.3 Å². The summed E-state index contributed by atoms with van der Waals surface area (Å²) < 4.78 is 34.3. The minimum atomic E-state index is -1.67. The molecule has 0 unspecified atom stereocenters. The Balaban J connectivity index is 1.71. The Morgan fingerprint density at radius 3 is 2.63 bits per heavy atom. The molecule has 1 fully saturated rings. The Morgan fingerprint density at radius 2 is 2.00 bits per heavy atom. The summed E-state index contributed by atoms with van der Waals surface area (Å²) in [6.07, 6.45) is 4.52. The summed E-state index contributed by atoms with van der Waals surface area (Å²) in [6.45, 7) is 4.70. The van der Waals surface area contributed by atoms with E-state index >= 15 is 0 Å². The number of hydrogen-bond donors (Lipinski definition) is 2. The Kier molecular flexibility index (Phi) is 8.59. The van der Waals surface area contributed by atoms with Crippen molar-refractivity contribution in [1.82, 2.24) is 14.1 Å². The van der Waals surface area contributed by atoms with Gasteiger partial charge in [-0.2, -0.15) is 0 Å². The van der Waals surface area contributed by atoms with E-state index in [1.807, 2.05) is 0 Å². The number of halogens is 1. The summed E-state index contributed by atoms with van der Waals surface area (Å²) in [5, 5.41) is 10.2. The van der Waals surface area contributed by atoms with E-state index < -0.39 is 34.6 Å².